The Hall–Kier alpha value is -1.33. The number of pyridine rings is 1. The highest BCUT2D eigenvalue weighted by atomic mass is 35.5. The highest BCUT2D eigenvalue weighted by Crippen LogP contribution is 2.34. The smallest absolute Gasteiger partial charge is 0.101 e. The molecule has 0 radical (unpaired) electrons. The second-order valence-corrected chi connectivity index (χ2v) is 4.67. The van der Waals surface area contributed by atoms with Crippen molar-refractivity contribution in [3.63, 3.8) is 0 Å². The van der Waals surface area contributed by atoms with Gasteiger partial charge in [-0.05, 0) is 11.5 Å². The van der Waals surface area contributed by atoms with Gasteiger partial charge in [0, 0.05) is 23.0 Å². The summed E-state index contributed by atoms with van der Waals surface area (Å²) in [5.41, 5.74) is 1.04. The Labute approximate surface area is 95.2 Å². The molecule has 0 aliphatic heterocycles. The molecule has 0 fully saturated rings. The lowest BCUT2D eigenvalue weighted by atomic mass is 9.91. The van der Waals surface area contributed by atoms with Crippen molar-refractivity contribution in [2.24, 2.45) is 5.41 Å². The second-order valence-electron chi connectivity index (χ2n) is 4.29. The zero-order chi connectivity index (χ0) is 11.5. The SMILES string of the molecule is CC(C)(C)/C(Cl)=C(/C#N)c1cccnc1. The number of hydrogen-bond donors (Lipinski definition) is 0. The predicted molar refractivity (Wildman–Crippen MR) is 62.1 cm³/mol. The van der Waals surface area contributed by atoms with Crippen LogP contribution in [0.2, 0.25) is 0 Å². The van der Waals surface area contributed by atoms with E-state index in [9.17, 15) is 0 Å². The van der Waals surface area contributed by atoms with Crippen LogP contribution in [0.25, 0.3) is 5.57 Å². The molecule has 0 aliphatic rings. The summed E-state index contributed by atoms with van der Waals surface area (Å²) in [7, 11) is 0. The number of aromatic nitrogens is 1. The van der Waals surface area contributed by atoms with Crippen LogP contribution >= 0.6 is 11.6 Å². The standard InChI is InChI=1S/C12H13ClN2/c1-12(2,3)11(13)10(7-14)9-5-4-6-15-8-9/h4-6,8H,1-3H3/b11-10+. The van der Waals surface area contributed by atoms with Crippen LogP contribution in [0.5, 0.6) is 0 Å². The Balaban J connectivity index is 3.28. The van der Waals surface area contributed by atoms with Gasteiger partial charge in [-0.15, -0.1) is 0 Å². The fraction of sp³-hybridized carbons (Fsp3) is 0.333. The van der Waals surface area contributed by atoms with Crippen LogP contribution in [0.3, 0.4) is 0 Å². The Morgan fingerprint density at radius 3 is 2.53 bits per heavy atom. The summed E-state index contributed by atoms with van der Waals surface area (Å²) in [6, 6.07) is 5.76. The van der Waals surface area contributed by atoms with E-state index in [0.29, 0.717) is 10.6 Å². The van der Waals surface area contributed by atoms with Gasteiger partial charge in [-0.1, -0.05) is 38.4 Å². The van der Waals surface area contributed by atoms with Crippen molar-refractivity contribution in [2.75, 3.05) is 0 Å². The topological polar surface area (TPSA) is 36.7 Å². The van der Waals surface area contributed by atoms with Crippen molar-refractivity contribution in [3.8, 4) is 6.07 Å². The third kappa shape index (κ3) is 2.81. The maximum atomic E-state index is 9.09. The van der Waals surface area contributed by atoms with Gasteiger partial charge in [-0.25, -0.2) is 0 Å². The average molecular weight is 221 g/mol. The number of nitrogens with zero attached hydrogens (tertiary/aromatic N) is 2. The molecule has 1 aromatic heterocycles. The van der Waals surface area contributed by atoms with E-state index in [1.165, 1.54) is 0 Å². The molecular weight excluding hydrogens is 208 g/mol. The van der Waals surface area contributed by atoms with Gasteiger partial charge in [0.15, 0.2) is 0 Å². The maximum absolute atomic E-state index is 9.09. The lowest BCUT2D eigenvalue weighted by Gasteiger charge is -2.18. The molecule has 0 atom stereocenters. The fourth-order valence-corrected chi connectivity index (χ4v) is 1.28. The summed E-state index contributed by atoms with van der Waals surface area (Å²) in [6.45, 7) is 5.93. The highest BCUT2D eigenvalue weighted by Gasteiger charge is 2.20. The van der Waals surface area contributed by atoms with Gasteiger partial charge in [0.25, 0.3) is 0 Å². The minimum absolute atomic E-state index is 0.220. The molecular formula is C12H13ClN2. The Kier molecular flexibility index (Phi) is 3.49. The van der Waals surface area contributed by atoms with E-state index < -0.39 is 0 Å². The van der Waals surface area contributed by atoms with E-state index in [-0.39, 0.29) is 5.41 Å². The monoisotopic (exact) mass is 220 g/mol. The Morgan fingerprint density at radius 2 is 2.13 bits per heavy atom. The van der Waals surface area contributed by atoms with Gasteiger partial charge in [0.05, 0.1) is 5.57 Å². The van der Waals surface area contributed by atoms with Crippen molar-refractivity contribution in [3.05, 3.63) is 35.1 Å². The molecule has 0 aliphatic carbocycles. The van der Waals surface area contributed by atoms with Crippen molar-refractivity contribution < 1.29 is 0 Å². The number of allylic oxidation sites excluding steroid dienone is 2. The summed E-state index contributed by atoms with van der Waals surface area (Å²) in [6.07, 6.45) is 3.32. The van der Waals surface area contributed by atoms with E-state index in [2.05, 4.69) is 11.1 Å². The number of nitriles is 1. The predicted octanol–water partition coefficient (Wildman–Crippen LogP) is 3.60. The third-order valence-electron chi connectivity index (χ3n) is 1.94. The summed E-state index contributed by atoms with van der Waals surface area (Å²) in [5, 5.41) is 9.66. The molecule has 2 nitrogen and oxygen atoms in total. The molecule has 0 amide bonds. The van der Waals surface area contributed by atoms with E-state index in [1.54, 1.807) is 18.5 Å². The van der Waals surface area contributed by atoms with Crippen LogP contribution in [0.1, 0.15) is 26.3 Å². The fourth-order valence-electron chi connectivity index (χ4n) is 1.13. The molecule has 0 spiro atoms. The molecule has 0 bridgehead atoms. The van der Waals surface area contributed by atoms with Gasteiger partial charge in [-0.3, -0.25) is 4.98 Å². The molecule has 78 valence electrons. The average Bonchev–Trinajstić information content (AvgIpc) is 2.19. The third-order valence-corrected chi connectivity index (χ3v) is 2.70. The van der Waals surface area contributed by atoms with Crippen LogP contribution in [0, 0.1) is 16.7 Å². The first-order valence-electron chi connectivity index (χ1n) is 4.67. The summed E-state index contributed by atoms with van der Waals surface area (Å²) in [5.74, 6) is 0. The summed E-state index contributed by atoms with van der Waals surface area (Å²) >= 11 is 6.19. The Bertz CT molecular complexity index is 407. The number of rotatable bonds is 1. The zero-order valence-corrected chi connectivity index (χ0v) is 9.84. The van der Waals surface area contributed by atoms with Gasteiger partial charge in [0.1, 0.15) is 6.07 Å². The first-order valence-corrected chi connectivity index (χ1v) is 5.05. The van der Waals surface area contributed by atoms with Crippen LogP contribution < -0.4 is 0 Å². The maximum Gasteiger partial charge on any atom is 0.101 e. The quantitative estimate of drug-likeness (QED) is 0.678. The van der Waals surface area contributed by atoms with Crippen molar-refractivity contribution in [2.45, 2.75) is 20.8 Å². The van der Waals surface area contributed by atoms with Gasteiger partial charge >= 0.3 is 0 Å². The van der Waals surface area contributed by atoms with Crippen LogP contribution in [-0.2, 0) is 0 Å². The molecule has 1 heterocycles. The van der Waals surface area contributed by atoms with Crippen LogP contribution in [-0.4, -0.2) is 4.98 Å². The molecule has 0 aromatic carbocycles. The Morgan fingerprint density at radius 1 is 1.47 bits per heavy atom. The zero-order valence-electron chi connectivity index (χ0n) is 9.08. The van der Waals surface area contributed by atoms with Gasteiger partial charge in [0.2, 0.25) is 0 Å². The number of halogens is 1. The lowest BCUT2D eigenvalue weighted by Crippen LogP contribution is -2.07. The minimum Gasteiger partial charge on any atom is -0.264 e. The summed E-state index contributed by atoms with van der Waals surface area (Å²) in [4.78, 5) is 3.97. The minimum atomic E-state index is -0.220. The van der Waals surface area contributed by atoms with E-state index in [1.807, 2.05) is 26.8 Å². The largest absolute Gasteiger partial charge is 0.264 e. The highest BCUT2D eigenvalue weighted by molar-refractivity contribution is 6.34. The normalized spacial score (nSPS) is 13.0. The van der Waals surface area contributed by atoms with Gasteiger partial charge < -0.3 is 0 Å². The molecule has 0 saturated carbocycles. The second kappa shape index (κ2) is 4.46. The van der Waals surface area contributed by atoms with E-state index in [4.69, 9.17) is 16.9 Å². The van der Waals surface area contributed by atoms with Crippen molar-refractivity contribution >= 4 is 17.2 Å². The van der Waals surface area contributed by atoms with Crippen molar-refractivity contribution in [1.82, 2.24) is 4.98 Å². The van der Waals surface area contributed by atoms with Crippen LogP contribution in [0.4, 0.5) is 0 Å². The first kappa shape index (κ1) is 11.7. The molecule has 0 saturated heterocycles. The molecule has 0 unspecified atom stereocenters. The van der Waals surface area contributed by atoms with Gasteiger partial charge in [-0.2, -0.15) is 5.26 Å². The number of hydrogen-bond acceptors (Lipinski definition) is 2. The lowest BCUT2D eigenvalue weighted by molar-refractivity contribution is 0.533. The molecule has 1 rings (SSSR count). The molecule has 1 aromatic rings. The molecule has 0 N–H and O–H groups in total. The van der Waals surface area contributed by atoms with Crippen LogP contribution in [0.15, 0.2) is 29.6 Å². The van der Waals surface area contributed by atoms with E-state index >= 15 is 0 Å². The van der Waals surface area contributed by atoms with E-state index in [0.717, 1.165) is 5.56 Å². The summed E-state index contributed by atoms with van der Waals surface area (Å²) < 4.78 is 0. The molecule has 3 heteroatoms. The molecule has 15 heavy (non-hydrogen) atoms. The van der Waals surface area contributed by atoms with Crippen molar-refractivity contribution in [1.29, 1.82) is 5.26 Å². The first-order chi connectivity index (χ1) is 6.96.